The molecule has 0 spiro atoms. The number of carbonyl (C=O) groups excluding carboxylic acids is 2. The van der Waals surface area contributed by atoms with Crippen molar-refractivity contribution in [2.24, 2.45) is 11.8 Å². The molecule has 0 unspecified atom stereocenters. The van der Waals surface area contributed by atoms with E-state index in [0.29, 0.717) is 6.42 Å². The van der Waals surface area contributed by atoms with Gasteiger partial charge in [0.05, 0.1) is 18.1 Å². The van der Waals surface area contributed by atoms with Crippen LogP contribution in [0.1, 0.15) is 30.9 Å². The van der Waals surface area contributed by atoms with Crippen LogP contribution in [0, 0.1) is 18.8 Å². The Hall–Kier alpha value is -1.88. The van der Waals surface area contributed by atoms with Crippen LogP contribution in [0.5, 0.6) is 0 Å². The molecular formula is C17H20NO4-. The molecule has 1 aromatic rings. The molecule has 1 aromatic carbocycles. The minimum absolute atomic E-state index is 0.273. The maximum absolute atomic E-state index is 12.7. The Bertz CT molecular complexity index is 613. The molecule has 4 atom stereocenters. The third-order valence-corrected chi connectivity index (χ3v) is 4.84. The lowest BCUT2D eigenvalue weighted by molar-refractivity contribution is -0.313. The summed E-state index contributed by atoms with van der Waals surface area (Å²) in [6.45, 7) is 3.96. The van der Waals surface area contributed by atoms with E-state index >= 15 is 0 Å². The van der Waals surface area contributed by atoms with Gasteiger partial charge in [0.1, 0.15) is 0 Å². The summed E-state index contributed by atoms with van der Waals surface area (Å²) in [4.78, 5) is 24.0. The number of ether oxygens (including phenoxy) is 1. The SMILES string of the molecule is CCc1cccc(C)c1NC(=O)[C@@H]1[C@@H](C(=O)[O-])[C@@H]2CC[C@H]1O2. The van der Waals surface area contributed by atoms with E-state index in [1.54, 1.807) is 0 Å². The number of aryl methyl sites for hydroxylation is 2. The van der Waals surface area contributed by atoms with Crippen LogP contribution in [0.15, 0.2) is 18.2 Å². The first-order valence-corrected chi connectivity index (χ1v) is 7.78. The van der Waals surface area contributed by atoms with Gasteiger partial charge in [0.15, 0.2) is 0 Å². The van der Waals surface area contributed by atoms with Crippen molar-refractivity contribution in [2.45, 2.75) is 45.3 Å². The van der Waals surface area contributed by atoms with Crippen molar-refractivity contribution in [3.63, 3.8) is 0 Å². The largest absolute Gasteiger partial charge is 0.550 e. The molecule has 3 rings (SSSR count). The molecule has 0 radical (unpaired) electrons. The van der Waals surface area contributed by atoms with Crippen molar-refractivity contribution in [3.05, 3.63) is 29.3 Å². The third kappa shape index (κ3) is 2.39. The van der Waals surface area contributed by atoms with Crippen molar-refractivity contribution in [1.29, 1.82) is 0 Å². The molecule has 118 valence electrons. The van der Waals surface area contributed by atoms with E-state index in [2.05, 4.69) is 5.32 Å². The molecule has 2 fully saturated rings. The Kier molecular flexibility index (Phi) is 3.91. The highest BCUT2D eigenvalue weighted by Gasteiger charge is 2.52. The average molecular weight is 302 g/mol. The Labute approximate surface area is 129 Å². The van der Waals surface area contributed by atoms with Gasteiger partial charge < -0.3 is 20.0 Å². The van der Waals surface area contributed by atoms with Crippen LogP contribution in [0.4, 0.5) is 5.69 Å². The highest BCUT2D eigenvalue weighted by molar-refractivity contribution is 5.97. The molecule has 2 bridgehead atoms. The first kappa shape index (κ1) is 15.0. The van der Waals surface area contributed by atoms with Gasteiger partial charge in [-0.1, -0.05) is 25.1 Å². The van der Waals surface area contributed by atoms with Crippen LogP contribution in [0.2, 0.25) is 0 Å². The fourth-order valence-corrected chi connectivity index (χ4v) is 3.72. The topological polar surface area (TPSA) is 78.5 Å². The molecule has 1 N–H and O–H groups in total. The van der Waals surface area contributed by atoms with E-state index in [1.807, 2.05) is 32.0 Å². The zero-order valence-electron chi connectivity index (χ0n) is 12.8. The number of carboxylic acids is 1. The summed E-state index contributed by atoms with van der Waals surface area (Å²) >= 11 is 0. The van der Waals surface area contributed by atoms with E-state index in [4.69, 9.17) is 4.74 Å². The van der Waals surface area contributed by atoms with Crippen LogP contribution in [-0.2, 0) is 20.7 Å². The molecule has 0 aromatic heterocycles. The van der Waals surface area contributed by atoms with Crippen molar-refractivity contribution >= 4 is 17.6 Å². The maximum Gasteiger partial charge on any atom is 0.230 e. The third-order valence-electron chi connectivity index (χ3n) is 4.84. The van der Waals surface area contributed by atoms with E-state index in [9.17, 15) is 14.7 Å². The number of fused-ring (bicyclic) bond motifs is 2. The summed E-state index contributed by atoms with van der Waals surface area (Å²) in [5, 5.41) is 14.3. The fourth-order valence-electron chi connectivity index (χ4n) is 3.72. The number of hydrogen-bond acceptors (Lipinski definition) is 4. The van der Waals surface area contributed by atoms with Gasteiger partial charge in [0.25, 0.3) is 0 Å². The number of benzene rings is 1. The molecular weight excluding hydrogens is 282 g/mol. The Morgan fingerprint density at radius 2 is 1.95 bits per heavy atom. The van der Waals surface area contributed by atoms with E-state index < -0.39 is 17.8 Å². The molecule has 2 heterocycles. The number of hydrogen-bond donors (Lipinski definition) is 1. The second-order valence-corrected chi connectivity index (χ2v) is 6.11. The molecule has 2 aliphatic heterocycles. The Morgan fingerprint density at radius 3 is 2.59 bits per heavy atom. The summed E-state index contributed by atoms with van der Waals surface area (Å²) in [6.07, 6.45) is 1.54. The van der Waals surface area contributed by atoms with Crippen LogP contribution in [-0.4, -0.2) is 24.1 Å². The first-order chi connectivity index (χ1) is 10.5. The van der Waals surface area contributed by atoms with Gasteiger partial charge in [-0.3, -0.25) is 4.79 Å². The van der Waals surface area contributed by atoms with E-state index in [0.717, 1.165) is 29.7 Å². The van der Waals surface area contributed by atoms with Gasteiger partial charge in [-0.25, -0.2) is 0 Å². The summed E-state index contributed by atoms with van der Waals surface area (Å²) in [7, 11) is 0. The Morgan fingerprint density at radius 1 is 1.27 bits per heavy atom. The van der Waals surface area contributed by atoms with Crippen LogP contribution >= 0.6 is 0 Å². The molecule has 22 heavy (non-hydrogen) atoms. The van der Waals surface area contributed by atoms with Gasteiger partial charge in [-0.2, -0.15) is 0 Å². The molecule has 1 amide bonds. The zero-order chi connectivity index (χ0) is 15.9. The number of carbonyl (C=O) groups is 2. The van der Waals surface area contributed by atoms with Crippen molar-refractivity contribution < 1.29 is 19.4 Å². The number of anilines is 1. The maximum atomic E-state index is 12.7. The van der Waals surface area contributed by atoms with Gasteiger partial charge in [0, 0.05) is 17.6 Å². The van der Waals surface area contributed by atoms with E-state index in [-0.39, 0.29) is 18.1 Å². The van der Waals surface area contributed by atoms with Gasteiger partial charge in [0.2, 0.25) is 5.91 Å². The monoisotopic (exact) mass is 302 g/mol. The Balaban J connectivity index is 1.84. The number of amides is 1. The lowest BCUT2D eigenvalue weighted by Gasteiger charge is -2.28. The highest BCUT2D eigenvalue weighted by Crippen LogP contribution is 2.43. The number of rotatable bonds is 4. The number of aliphatic carboxylic acids is 1. The summed E-state index contributed by atoms with van der Waals surface area (Å²) in [5.74, 6) is -2.96. The molecule has 5 heteroatoms. The van der Waals surface area contributed by atoms with Crippen molar-refractivity contribution in [1.82, 2.24) is 0 Å². The van der Waals surface area contributed by atoms with Gasteiger partial charge in [-0.05, 0) is 37.3 Å². The predicted octanol–water partition coefficient (Wildman–Crippen LogP) is 1.04. The van der Waals surface area contributed by atoms with E-state index in [1.165, 1.54) is 0 Å². The zero-order valence-corrected chi connectivity index (χ0v) is 12.8. The summed E-state index contributed by atoms with van der Waals surface area (Å²) in [5.41, 5.74) is 2.80. The van der Waals surface area contributed by atoms with Crippen LogP contribution < -0.4 is 10.4 Å². The summed E-state index contributed by atoms with van der Waals surface area (Å²) < 4.78 is 5.62. The predicted molar refractivity (Wildman–Crippen MR) is 79.1 cm³/mol. The number of para-hydroxylation sites is 1. The van der Waals surface area contributed by atoms with Crippen LogP contribution in [0.25, 0.3) is 0 Å². The van der Waals surface area contributed by atoms with Crippen LogP contribution in [0.3, 0.4) is 0 Å². The molecule has 2 aliphatic rings. The first-order valence-electron chi connectivity index (χ1n) is 7.78. The minimum atomic E-state index is -1.19. The van der Waals surface area contributed by atoms with Gasteiger partial charge >= 0.3 is 0 Å². The lowest BCUT2D eigenvalue weighted by atomic mass is 9.78. The highest BCUT2D eigenvalue weighted by atomic mass is 16.5. The summed E-state index contributed by atoms with van der Waals surface area (Å²) in [6, 6.07) is 5.85. The normalized spacial score (nSPS) is 29.5. The number of nitrogens with one attached hydrogen (secondary N) is 1. The molecule has 0 aliphatic carbocycles. The standard InChI is InChI=1S/C17H21NO4/c1-3-10-6-4-5-9(2)15(10)18-16(19)13-11-7-8-12(22-11)14(13)17(20)21/h4-6,11-14H,3,7-8H2,1-2H3,(H,18,19)(H,20,21)/p-1/t11-,12+,13+,14+/m1/s1. The smallest absolute Gasteiger partial charge is 0.230 e. The average Bonchev–Trinajstić information content (AvgIpc) is 3.09. The van der Waals surface area contributed by atoms with Gasteiger partial charge in [-0.15, -0.1) is 0 Å². The molecule has 5 nitrogen and oxygen atoms in total. The fraction of sp³-hybridized carbons (Fsp3) is 0.529. The number of carboxylic acid groups (broad SMARTS) is 1. The molecule has 2 saturated heterocycles. The van der Waals surface area contributed by atoms with Crippen molar-refractivity contribution in [3.8, 4) is 0 Å². The quantitative estimate of drug-likeness (QED) is 0.901. The second kappa shape index (κ2) is 5.72. The lowest BCUT2D eigenvalue weighted by Crippen LogP contribution is -2.46. The molecule has 0 saturated carbocycles. The minimum Gasteiger partial charge on any atom is -0.550 e. The van der Waals surface area contributed by atoms with Crippen molar-refractivity contribution in [2.75, 3.05) is 5.32 Å². The second-order valence-electron chi connectivity index (χ2n) is 6.11.